The Morgan fingerprint density at radius 1 is 1.50 bits per heavy atom. The Labute approximate surface area is 73.0 Å². The third-order valence-electron chi connectivity index (χ3n) is 1.52. The highest BCUT2D eigenvalue weighted by atomic mass is 17.1. The Kier molecular flexibility index (Phi) is 3.96. The molecule has 0 aliphatic rings. The van der Waals surface area contributed by atoms with Gasteiger partial charge in [0.2, 0.25) is 0 Å². The van der Waals surface area contributed by atoms with Gasteiger partial charge < -0.3 is 0 Å². The molecule has 0 atom stereocenters. The molecule has 0 aromatic rings. The summed E-state index contributed by atoms with van der Waals surface area (Å²) in [4.78, 5) is 14.7. The molecule has 0 aromatic heterocycles. The molecule has 0 bridgehead atoms. The van der Waals surface area contributed by atoms with Gasteiger partial charge in [-0.2, -0.15) is 5.26 Å². The third-order valence-corrected chi connectivity index (χ3v) is 1.52. The molecular weight excluding hydrogens is 156 g/mol. The monoisotopic (exact) mass is 172 g/mol. The van der Waals surface area contributed by atoms with E-state index in [1.807, 2.05) is 27.7 Å². The van der Waals surface area contributed by atoms with Crippen LogP contribution < -0.4 is 0 Å². The Bertz CT molecular complexity index is 186. The maximum Gasteiger partial charge on any atom is 0.369 e. The van der Waals surface area contributed by atoms with E-state index in [9.17, 15) is 4.79 Å². The smallest absolute Gasteiger partial charge is 0.296 e. The van der Waals surface area contributed by atoms with E-state index in [2.05, 4.69) is 4.89 Å². The van der Waals surface area contributed by atoms with Crippen LogP contribution in [0, 0.1) is 5.41 Å². The van der Waals surface area contributed by atoms with Gasteiger partial charge in [-0.25, -0.2) is 4.79 Å². The van der Waals surface area contributed by atoms with Crippen molar-refractivity contribution in [1.82, 2.24) is 0 Å². The van der Waals surface area contributed by atoms with Crippen LogP contribution in [0.1, 0.15) is 34.1 Å². The summed E-state index contributed by atoms with van der Waals surface area (Å²) in [7, 11) is 0. The lowest BCUT2D eigenvalue weighted by Crippen LogP contribution is -2.19. The van der Waals surface area contributed by atoms with Crippen LogP contribution in [-0.4, -0.2) is 11.2 Å². The molecule has 0 fully saturated rings. The van der Waals surface area contributed by atoms with Gasteiger partial charge in [0.25, 0.3) is 0 Å². The highest BCUT2D eigenvalue weighted by Gasteiger charge is 2.24. The lowest BCUT2D eigenvalue weighted by atomic mass is 9.86. The molecule has 0 heterocycles. The Morgan fingerprint density at radius 3 is 2.25 bits per heavy atom. The van der Waals surface area contributed by atoms with E-state index >= 15 is 0 Å². The predicted molar refractivity (Wildman–Crippen MR) is 46.5 cm³/mol. The molecule has 0 amide bonds. The average Bonchev–Trinajstić information content (AvgIpc) is 1.96. The minimum atomic E-state index is -0.663. The van der Waals surface area contributed by atoms with E-state index in [1.54, 1.807) is 6.08 Å². The summed E-state index contributed by atoms with van der Waals surface area (Å²) in [6.07, 6.45) is 2.51. The van der Waals surface area contributed by atoms with Crippen LogP contribution in [0.4, 0.5) is 0 Å². The topological polar surface area (TPSA) is 46.5 Å². The number of allylic oxidation sites excluding steroid dienone is 1. The predicted octanol–water partition coefficient (Wildman–Crippen LogP) is 2.39. The van der Waals surface area contributed by atoms with Gasteiger partial charge in [-0.05, 0) is 11.8 Å². The molecule has 0 aromatic carbocycles. The number of carbonyl (C=O) groups is 1. The SMILES string of the molecule is CCC=C(C(=O)OO)C(C)(C)C. The molecule has 0 radical (unpaired) electrons. The number of rotatable bonds is 2. The first-order valence-corrected chi connectivity index (χ1v) is 3.99. The van der Waals surface area contributed by atoms with Gasteiger partial charge in [-0.15, -0.1) is 0 Å². The molecule has 0 aliphatic heterocycles. The third kappa shape index (κ3) is 3.05. The van der Waals surface area contributed by atoms with E-state index in [4.69, 9.17) is 5.26 Å². The zero-order valence-electron chi connectivity index (χ0n) is 8.05. The first kappa shape index (κ1) is 11.2. The van der Waals surface area contributed by atoms with Crippen LogP contribution >= 0.6 is 0 Å². The van der Waals surface area contributed by atoms with Crippen LogP contribution in [0.5, 0.6) is 0 Å². The fraction of sp³-hybridized carbons (Fsp3) is 0.667. The Balaban J connectivity index is 4.69. The van der Waals surface area contributed by atoms with Crippen molar-refractivity contribution in [1.29, 1.82) is 0 Å². The molecule has 12 heavy (non-hydrogen) atoms. The van der Waals surface area contributed by atoms with Crippen LogP contribution in [0.2, 0.25) is 0 Å². The maximum absolute atomic E-state index is 11.0. The van der Waals surface area contributed by atoms with Crippen molar-refractivity contribution in [2.75, 3.05) is 0 Å². The normalized spacial score (nSPS) is 12.9. The second kappa shape index (κ2) is 4.26. The molecule has 1 N–H and O–H groups in total. The van der Waals surface area contributed by atoms with Crippen LogP contribution in [0.3, 0.4) is 0 Å². The van der Waals surface area contributed by atoms with Crippen molar-refractivity contribution < 1.29 is 14.9 Å². The van der Waals surface area contributed by atoms with Crippen molar-refractivity contribution in [3.8, 4) is 0 Å². The zero-order valence-corrected chi connectivity index (χ0v) is 8.05. The van der Waals surface area contributed by atoms with Gasteiger partial charge in [-0.3, -0.25) is 4.89 Å². The van der Waals surface area contributed by atoms with Crippen molar-refractivity contribution in [2.24, 2.45) is 5.41 Å². The molecule has 0 spiro atoms. The molecule has 0 rings (SSSR count). The van der Waals surface area contributed by atoms with Crippen LogP contribution in [-0.2, 0) is 9.68 Å². The number of carbonyl (C=O) groups excluding carboxylic acids is 1. The van der Waals surface area contributed by atoms with E-state index < -0.39 is 5.97 Å². The summed E-state index contributed by atoms with van der Waals surface area (Å²) in [5.41, 5.74) is 0.225. The van der Waals surface area contributed by atoms with Crippen molar-refractivity contribution in [2.45, 2.75) is 34.1 Å². The van der Waals surface area contributed by atoms with Crippen molar-refractivity contribution in [3.05, 3.63) is 11.6 Å². The summed E-state index contributed by atoms with van der Waals surface area (Å²) in [5, 5.41) is 8.20. The van der Waals surface area contributed by atoms with Gasteiger partial charge in [-0.1, -0.05) is 33.8 Å². The molecule has 70 valence electrons. The molecule has 0 aliphatic carbocycles. The summed E-state index contributed by atoms with van der Waals surface area (Å²) in [6.45, 7) is 7.61. The molecule has 0 unspecified atom stereocenters. The number of hydrogen-bond acceptors (Lipinski definition) is 3. The van der Waals surface area contributed by atoms with Gasteiger partial charge in [0, 0.05) is 5.57 Å². The van der Waals surface area contributed by atoms with E-state index in [1.165, 1.54) is 0 Å². The maximum atomic E-state index is 11.0. The summed E-state index contributed by atoms with van der Waals surface area (Å²) < 4.78 is 0. The lowest BCUT2D eigenvalue weighted by molar-refractivity contribution is -0.230. The van der Waals surface area contributed by atoms with Gasteiger partial charge in [0.15, 0.2) is 0 Å². The van der Waals surface area contributed by atoms with Crippen LogP contribution in [0.25, 0.3) is 0 Å². The lowest BCUT2D eigenvalue weighted by Gasteiger charge is -2.19. The molecule has 0 saturated heterocycles. The highest BCUT2D eigenvalue weighted by Crippen LogP contribution is 2.26. The fourth-order valence-corrected chi connectivity index (χ4v) is 0.949. The highest BCUT2D eigenvalue weighted by molar-refractivity contribution is 5.89. The van der Waals surface area contributed by atoms with E-state index in [0.717, 1.165) is 6.42 Å². The second-order valence-corrected chi connectivity index (χ2v) is 3.65. The first-order valence-electron chi connectivity index (χ1n) is 3.99. The quantitative estimate of drug-likeness (QED) is 0.395. The van der Waals surface area contributed by atoms with E-state index in [0.29, 0.717) is 5.57 Å². The Hall–Kier alpha value is -0.830. The molecular formula is C9H16O3. The molecule has 3 heteroatoms. The molecule has 0 saturated carbocycles. The minimum absolute atomic E-state index is 0.282. The largest absolute Gasteiger partial charge is 0.369 e. The molecule has 3 nitrogen and oxygen atoms in total. The van der Waals surface area contributed by atoms with E-state index in [-0.39, 0.29) is 5.41 Å². The fourth-order valence-electron chi connectivity index (χ4n) is 0.949. The summed E-state index contributed by atoms with van der Waals surface area (Å²) >= 11 is 0. The van der Waals surface area contributed by atoms with Crippen molar-refractivity contribution in [3.63, 3.8) is 0 Å². The second-order valence-electron chi connectivity index (χ2n) is 3.65. The van der Waals surface area contributed by atoms with Gasteiger partial charge in [0.1, 0.15) is 0 Å². The van der Waals surface area contributed by atoms with Gasteiger partial charge in [0.05, 0.1) is 0 Å². The van der Waals surface area contributed by atoms with Gasteiger partial charge >= 0.3 is 5.97 Å². The standard InChI is InChI=1S/C9H16O3/c1-5-6-7(8(10)12-11)9(2,3)4/h6,11H,5H2,1-4H3. The van der Waals surface area contributed by atoms with Crippen molar-refractivity contribution >= 4 is 5.97 Å². The van der Waals surface area contributed by atoms with Crippen LogP contribution in [0.15, 0.2) is 11.6 Å². The minimum Gasteiger partial charge on any atom is -0.296 e. The number of hydrogen-bond donors (Lipinski definition) is 1. The Morgan fingerprint density at radius 2 is 2.00 bits per heavy atom. The zero-order chi connectivity index (χ0) is 9.78. The summed E-state index contributed by atoms with van der Waals surface area (Å²) in [5.74, 6) is -0.663. The average molecular weight is 172 g/mol. The summed E-state index contributed by atoms with van der Waals surface area (Å²) in [6, 6.07) is 0. The first-order chi connectivity index (χ1) is 5.43.